The van der Waals surface area contributed by atoms with Crippen molar-refractivity contribution in [2.75, 3.05) is 26.7 Å². The molecule has 29 heavy (non-hydrogen) atoms. The summed E-state index contributed by atoms with van der Waals surface area (Å²) in [5, 5.41) is 7.43. The van der Waals surface area contributed by atoms with Gasteiger partial charge in [0.15, 0.2) is 5.96 Å². The predicted octanol–water partition coefficient (Wildman–Crippen LogP) is 3.81. The lowest BCUT2D eigenvalue weighted by Crippen LogP contribution is -2.45. The van der Waals surface area contributed by atoms with E-state index >= 15 is 0 Å². The Kier molecular flexibility index (Phi) is 9.82. The summed E-state index contributed by atoms with van der Waals surface area (Å²) in [5.41, 5.74) is 0.980. The smallest absolute Gasteiger partial charge is 0.225 e. The van der Waals surface area contributed by atoms with Crippen LogP contribution < -0.4 is 15.4 Å². The Bertz CT molecular complexity index is 710. The molecule has 162 valence electrons. The van der Waals surface area contributed by atoms with Crippen molar-refractivity contribution in [1.82, 2.24) is 15.5 Å². The maximum absolute atomic E-state index is 12.6. The topological polar surface area (TPSA) is 66.0 Å². The molecule has 0 radical (unpaired) electrons. The van der Waals surface area contributed by atoms with Gasteiger partial charge in [-0.15, -0.1) is 24.0 Å². The minimum Gasteiger partial charge on any atom is -0.496 e. The summed E-state index contributed by atoms with van der Waals surface area (Å²) >= 11 is 6.03. The number of aliphatic imine (C=N–C) groups is 1. The average molecular weight is 535 g/mol. The summed E-state index contributed by atoms with van der Waals surface area (Å²) in [5.74, 6) is 2.09. The molecule has 1 aliphatic carbocycles. The normalized spacial score (nSPS) is 19.8. The Labute approximate surface area is 195 Å². The number of hydrogen-bond acceptors (Lipinski definition) is 3. The second-order valence-electron chi connectivity index (χ2n) is 7.55. The van der Waals surface area contributed by atoms with E-state index in [9.17, 15) is 4.79 Å². The first-order valence-electron chi connectivity index (χ1n) is 10.3. The Morgan fingerprint density at radius 3 is 2.76 bits per heavy atom. The first kappa shape index (κ1) is 24.1. The number of guanidine groups is 1. The number of benzene rings is 1. The number of likely N-dealkylation sites (tertiary alicyclic amines) is 1. The van der Waals surface area contributed by atoms with E-state index in [0.29, 0.717) is 17.5 Å². The number of carbonyl (C=O) groups excluding carboxylic acids is 1. The number of nitrogens with one attached hydrogen (secondary N) is 2. The lowest BCUT2D eigenvalue weighted by Gasteiger charge is -2.21. The molecule has 1 heterocycles. The SMILES string of the molecule is CCNC(=NCc1ccc(Cl)cc1OC)NC1CCN(C(=O)C2CCCC2)C1.I. The van der Waals surface area contributed by atoms with Gasteiger partial charge in [-0.1, -0.05) is 30.5 Å². The van der Waals surface area contributed by atoms with Crippen molar-refractivity contribution in [3.8, 4) is 5.75 Å². The first-order valence-corrected chi connectivity index (χ1v) is 10.6. The van der Waals surface area contributed by atoms with Gasteiger partial charge in [0, 0.05) is 42.2 Å². The highest BCUT2D eigenvalue weighted by Gasteiger charge is 2.32. The quantitative estimate of drug-likeness (QED) is 0.331. The Morgan fingerprint density at radius 1 is 1.31 bits per heavy atom. The summed E-state index contributed by atoms with van der Waals surface area (Å²) < 4.78 is 5.40. The fraction of sp³-hybridized carbons (Fsp3) is 0.619. The molecule has 1 aromatic carbocycles. The minimum absolute atomic E-state index is 0. The van der Waals surface area contributed by atoms with E-state index in [1.807, 2.05) is 24.0 Å². The van der Waals surface area contributed by atoms with Crippen molar-refractivity contribution >= 4 is 47.4 Å². The van der Waals surface area contributed by atoms with E-state index in [4.69, 9.17) is 21.3 Å². The van der Waals surface area contributed by atoms with Crippen molar-refractivity contribution in [2.45, 2.75) is 51.6 Å². The molecule has 0 bridgehead atoms. The standard InChI is InChI=1S/C21H31ClN4O2.HI/c1-3-23-21(24-13-16-8-9-17(22)12-19(16)28-2)25-18-10-11-26(14-18)20(27)15-6-4-5-7-15;/h8-9,12,15,18H,3-7,10-11,13-14H2,1-2H3,(H2,23,24,25);1H. The molecular weight excluding hydrogens is 503 g/mol. The number of nitrogens with zero attached hydrogens (tertiary/aromatic N) is 2. The highest BCUT2D eigenvalue weighted by Crippen LogP contribution is 2.28. The Morgan fingerprint density at radius 2 is 2.07 bits per heavy atom. The molecule has 1 aliphatic heterocycles. The second-order valence-corrected chi connectivity index (χ2v) is 7.98. The fourth-order valence-corrected chi connectivity index (χ4v) is 4.20. The van der Waals surface area contributed by atoms with Crippen LogP contribution in [0.15, 0.2) is 23.2 Å². The van der Waals surface area contributed by atoms with Crippen LogP contribution in [0.25, 0.3) is 0 Å². The van der Waals surface area contributed by atoms with Gasteiger partial charge in [-0.05, 0) is 38.3 Å². The summed E-state index contributed by atoms with van der Waals surface area (Å²) in [6.45, 7) is 4.90. The zero-order valence-corrected chi connectivity index (χ0v) is 20.3. The van der Waals surface area contributed by atoms with Gasteiger partial charge in [0.2, 0.25) is 5.91 Å². The maximum Gasteiger partial charge on any atom is 0.225 e. The van der Waals surface area contributed by atoms with E-state index in [0.717, 1.165) is 56.2 Å². The van der Waals surface area contributed by atoms with Crippen LogP contribution in [0.5, 0.6) is 5.75 Å². The molecule has 8 heteroatoms. The second kappa shape index (κ2) is 11.8. The third-order valence-corrected chi connectivity index (χ3v) is 5.78. The van der Waals surface area contributed by atoms with Crippen LogP contribution in [0.2, 0.25) is 5.02 Å². The van der Waals surface area contributed by atoms with Gasteiger partial charge >= 0.3 is 0 Å². The van der Waals surface area contributed by atoms with Crippen LogP contribution in [0, 0.1) is 5.92 Å². The molecule has 1 aromatic rings. The van der Waals surface area contributed by atoms with Gasteiger partial charge in [0.05, 0.1) is 13.7 Å². The number of methoxy groups -OCH3 is 1. The number of amides is 1. The molecule has 0 aromatic heterocycles. The molecule has 2 fully saturated rings. The van der Waals surface area contributed by atoms with Crippen molar-refractivity contribution in [3.05, 3.63) is 28.8 Å². The third-order valence-electron chi connectivity index (χ3n) is 5.55. The molecule has 1 unspecified atom stereocenters. The van der Waals surface area contributed by atoms with Crippen molar-refractivity contribution in [1.29, 1.82) is 0 Å². The first-order chi connectivity index (χ1) is 13.6. The van der Waals surface area contributed by atoms with Crippen molar-refractivity contribution < 1.29 is 9.53 Å². The highest BCUT2D eigenvalue weighted by atomic mass is 127. The fourth-order valence-electron chi connectivity index (χ4n) is 4.04. The number of halogens is 2. The average Bonchev–Trinajstić information content (AvgIpc) is 3.38. The number of carbonyl (C=O) groups is 1. The molecule has 1 atom stereocenters. The van der Waals surface area contributed by atoms with E-state index < -0.39 is 0 Å². The van der Waals surface area contributed by atoms with Gasteiger partial charge in [-0.2, -0.15) is 0 Å². The van der Waals surface area contributed by atoms with Crippen molar-refractivity contribution in [3.63, 3.8) is 0 Å². The molecule has 2 N–H and O–H groups in total. The zero-order valence-electron chi connectivity index (χ0n) is 17.2. The van der Waals surface area contributed by atoms with Crippen LogP contribution in [-0.2, 0) is 11.3 Å². The summed E-state index contributed by atoms with van der Waals surface area (Å²) in [6.07, 6.45) is 5.45. The Hall–Kier alpha value is -1.22. The van der Waals surface area contributed by atoms with E-state index in [1.54, 1.807) is 13.2 Å². The molecule has 2 aliphatic rings. The van der Waals surface area contributed by atoms with Crippen LogP contribution >= 0.6 is 35.6 Å². The van der Waals surface area contributed by atoms with Crippen LogP contribution in [0.1, 0.15) is 44.6 Å². The molecule has 1 saturated carbocycles. The monoisotopic (exact) mass is 534 g/mol. The lowest BCUT2D eigenvalue weighted by molar-refractivity contribution is -0.134. The van der Waals surface area contributed by atoms with Crippen LogP contribution in [0.4, 0.5) is 0 Å². The summed E-state index contributed by atoms with van der Waals surface area (Å²) in [4.78, 5) is 19.4. The van der Waals surface area contributed by atoms with Crippen LogP contribution in [0.3, 0.4) is 0 Å². The third kappa shape index (κ3) is 6.64. The summed E-state index contributed by atoms with van der Waals surface area (Å²) in [7, 11) is 1.64. The largest absolute Gasteiger partial charge is 0.496 e. The highest BCUT2D eigenvalue weighted by molar-refractivity contribution is 14.0. The minimum atomic E-state index is 0. The maximum atomic E-state index is 12.6. The molecular formula is C21H32ClIN4O2. The van der Waals surface area contributed by atoms with Crippen molar-refractivity contribution in [2.24, 2.45) is 10.9 Å². The Balaban J connectivity index is 0.00000300. The van der Waals surface area contributed by atoms with E-state index in [1.165, 1.54) is 12.8 Å². The molecule has 0 spiro atoms. The zero-order chi connectivity index (χ0) is 19.9. The van der Waals surface area contributed by atoms with Gasteiger partial charge < -0.3 is 20.3 Å². The van der Waals surface area contributed by atoms with Gasteiger partial charge in [0.25, 0.3) is 0 Å². The molecule has 3 rings (SSSR count). The van der Waals surface area contributed by atoms with E-state index in [2.05, 4.69) is 10.6 Å². The molecule has 1 saturated heterocycles. The van der Waals surface area contributed by atoms with Gasteiger partial charge in [0.1, 0.15) is 5.75 Å². The number of hydrogen-bond donors (Lipinski definition) is 2. The predicted molar refractivity (Wildman–Crippen MR) is 128 cm³/mol. The van der Waals surface area contributed by atoms with E-state index in [-0.39, 0.29) is 35.9 Å². The summed E-state index contributed by atoms with van der Waals surface area (Å²) in [6, 6.07) is 5.82. The number of ether oxygens (including phenoxy) is 1. The van der Waals surface area contributed by atoms with Gasteiger partial charge in [-0.3, -0.25) is 4.79 Å². The molecule has 6 nitrogen and oxygen atoms in total. The number of rotatable bonds is 6. The van der Waals surface area contributed by atoms with Gasteiger partial charge in [-0.25, -0.2) is 4.99 Å². The van der Waals surface area contributed by atoms with Crippen LogP contribution in [-0.4, -0.2) is 49.6 Å². The molecule has 1 amide bonds. The lowest BCUT2D eigenvalue weighted by atomic mass is 10.1.